The Kier molecular flexibility index (Phi) is 5.71. The fourth-order valence-corrected chi connectivity index (χ4v) is 3.64. The molecule has 0 aliphatic carbocycles. The van der Waals surface area contributed by atoms with Crippen LogP contribution in [-0.4, -0.2) is 25.5 Å². The highest BCUT2D eigenvalue weighted by molar-refractivity contribution is 6.31. The lowest BCUT2D eigenvalue weighted by molar-refractivity contribution is -0.126. The molecule has 1 N–H and O–H groups in total. The number of nitrogens with zero attached hydrogens (tertiary/aromatic N) is 1. The number of anilines is 1. The quantitative estimate of drug-likeness (QED) is 0.848. The Labute approximate surface area is 164 Å². The summed E-state index contributed by atoms with van der Waals surface area (Å²) in [7, 11) is 1.54. The van der Waals surface area contributed by atoms with Gasteiger partial charge in [0, 0.05) is 18.0 Å². The number of halogens is 1. The maximum Gasteiger partial charge on any atom is 0.227 e. The van der Waals surface area contributed by atoms with Crippen molar-refractivity contribution in [2.45, 2.75) is 26.3 Å². The molecule has 1 aliphatic heterocycles. The number of methoxy groups -OCH3 is 1. The van der Waals surface area contributed by atoms with Crippen molar-refractivity contribution in [1.82, 2.24) is 5.32 Å². The lowest BCUT2D eigenvalue weighted by Gasteiger charge is -2.21. The third-order valence-corrected chi connectivity index (χ3v) is 5.18. The summed E-state index contributed by atoms with van der Waals surface area (Å²) in [6.45, 7) is 4.28. The number of hydrogen-bond acceptors (Lipinski definition) is 3. The SMILES string of the molecule is COc1ccc(Cl)cc1N1CC(C(=O)NC(C)c2ccccc2C)CC1=O. The minimum absolute atomic E-state index is 0.112. The fraction of sp³-hybridized carbons (Fsp3) is 0.333. The van der Waals surface area contributed by atoms with Crippen molar-refractivity contribution >= 4 is 29.1 Å². The van der Waals surface area contributed by atoms with Crippen LogP contribution in [-0.2, 0) is 9.59 Å². The van der Waals surface area contributed by atoms with Crippen LogP contribution in [0.15, 0.2) is 42.5 Å². The maximum atomic E-state index is 12.7. The van der Waals surface area contributed by atoms with Crippen molar-refractivity contribution in [2.75, 3.05) is 18.6 Å². The molecule has 1 saturated heterocycles. The summed E-state index contributed by atoms with van der Waals surface area (Å²) in [5, 5.41) is 3.55. The normalized spacial score (nSPS) is 17.7. The predicted octanol–water partition coefficient (Wildman–Crippen LogP) is 3.89. The molecule has 3 rings (SSSR count). The topological polar surface area (TPSA) is 58.6 Å². The summed E-state index contributed by atoms with van der Waals surface area (Å²) in [6.07, 6.45) is 0.169. The van der Waals surface area contributed by atoms with Gasteiger partial charge in [0.15, 0.2) is 0 Å². The molecule has 1 fully saturated rings. The van der Waals surface area contributed by atoms with Gasteiger partial charge in [-0.1, -0.05) is 35.9 Å². The molecule has 2 aromatic rings. The van der Waals surface area contributed by atoms with Crippen molar-refractivity contribution in [3.63, 3.8) is 0 Å². The summed E-state index contributed by atoms with van der Waals surface area (Å²) >= 11 is 6.08. The molecule has 142 valence electrons. The van der Waals surface area contributed by atoms with Crippen molar-refractivity contribution in [3.8, 4) is 5.75 Å². The highest BCUT2D eigenvalue weighted by Gasteiger charge is 2.36. The number of rotatable bonds is 5. The van der Waals surface area contributed by atoms with E-state index in [1.807, 2.05) is 38.1 Å². The summed E-state index contributed by atoms with van der Waals surface area (Å²) in [5.41, 5.74) is 2.79. The molecule has 0 radical (unpaired) electrons. The Hall–Kier alpha value is -2.53. The Bertz CT molecular complexity index is 868. The van der Waals surface area contributed by atoms with E-state index < -0.39 is 5.92 Å². The second-order valence-corrected chi connectivity index (χ2v) is 7.24. The van der Waals surface area contributed by atoms with Crippen molar-refractivity contribution in [2.24, 2.45) is 5.92 Å². The molecule has 2 aromatic carbocycles. The number of nitrogens with one attached hydrogen (secondary N) is 1. The maximum absolute atomic E-state index is 12.7. The average Bonchev–Trinajstić information content (AvgIpc) is 3.03. The zero-order valence-corrected chi connectivity index (χ0v) is 16.4. The number of ether oxygens (including phenoxy) is 1. The molecule has 5 nitrogen and oxygen atoms in total. The zero-order chi connectivity index (χ0) is 19.6. The van der Waals surface area contributed by atoms with Crippen LogP contribution in [0, 0.1) is 12.8 Å². The number of hydrogen-bond donors (Lipinski definition) is 1. The molecule has 0 saturated carbocycles. The van der Waals surface area contributed by atoms with E-state index >= 15 is 0 Å². The molecular formula is C21H23ClN2O3. The molecule has 2 atom stereocenters. The highest BCUT2D eigenvalue weighted by atomic mass is 35.5. The van der Waals surface area contributed by atoms with E-state index in [4.69, 9.17) is 16.3 Å². The molecule has 0 aromatic heterocycles. The molecule has 2 unspecified atom stereocenters. The first kappa shape index (κ1) is 19.2. The van der Waals surface area contributed by atoms with Crippen LogP contribution in [0.5, 0.6) is 5.75 Å². The minimum atomic E-state index is -0.410. The third kappa shape index (κ3) is 4.08. The smallest absolute Gasteiger partial charge is 0.227 e. The van der Waals surface area contributed by atoms with Crippen molar-refractivity contribution < 1.29 is 14.3 Å². The number of aryl methyl sites for hydroxylation is 1. The van der Waals surface area contributed by atoms with E-state index in [0.717, 1.165) is 11.1 Å². The van der Waals surface area contributed by atoms with Gasteiger partial charge >= 0.3 is 0 Å². The van der Waals surface area contributed by atoms with E-state index in [-0.39, 0.29) is 24.3 Å². The lowest BCUT2D eigenvalue weighted by atomic mass is 10.0. The van der Waals surface area contributed by atoms with Gasteiger partial charge in [-0.3, -0.25) is 9.59 Å². The highest BCUT2D eigenvalue weighted by Crippen LogP contribution is 2.35. The van der Waals surface area contributed by atoms with Crippen LogP contribution < -0.4 is 15.0 Å². The van der Waals surface area contributed by atoms with Gasteiger partial charge in [-0.05, 0) is 43.2 Å². The van der Waals surface area contributed by atoms with Crippen LogP contribution in [0.25, 0.3) is 0 Å². The Morgan fingerprint density at radius 3 is 2.74 bits per heavy atom. The van der Waals surface area contributed by atoms with Gasteiger partial charge in [-0.25, -0.2) is 0 Å². The molecule has 2 amide bonds. The van der Waals surface area contributed by atoms with E-state index in [1.165, 1.54) is 0 Å². The van der Waals surface area contributed by atoms with Crippen molar-refractivity contribution in [1.29, 1.82) is 0 Å². The first-order chi connectivity index (χ1) is 12.9. The molecule has 27 heavy (non-hydrogen) atoms. The second kappa shape index (κ2) is 8.01. The van der Waals surface area contributed by atoms with Gasteiger partial charge in [0.1, 0.15) is 5.75 Å². The largest absolute Gasteiger partial charge is 0.495 e. The Balaban J connectivity index is 1.73. The summed E-state index contributed by atoms with van der Waals surface area (Å²) in [6, 6.07) is 12.9. The van der Waals surface area contributed by atoms with Crippen LogP contribution in [0.2, 0.25) is 5.02 Å². The molecule has 0 bridgehead atoms. The molecular weight excluding hydrogens is 364 g/mol. The van der Waals surface area contributed by atoms with Crippen LogP contribution in [0.3, 0.4) is 0 Å². The first-order valence-electron chi connectivity index (χ1n) is 8.90. The van der Waals surface area contributed by atoms with E-state index in [9.17, 15) is 9.59 Å². The number of carbonyl (C=O) groups is 2. The number of carbonyl (C=O) groups excluding carboxylic acids is 2. The van der Waals surface area contributed by atoms with Gasteiger partial charge in [0.05, 0.1) is 24.8 Å². The third-order valence-electron chi connectivity index (χ3n) is 4.94. The van der Waals surface area contributed by atoms with Gasteiger partial charge in [-0.2, -0.15) is 0 Å². The molecule has 0 spiro atoms. The summed E-state index contributed by atoms with van der Waals surface area (Å²) in [4.78, 5) is 26.8. The van der Waals surface area contributed by atoms with Crippen LogP contribution in [0.4, 0.5) is 5.69 Å². The number of benzene rings is 2. The van der Waals surface area contributed by atoms with Gasteiger partial charge in [0.2, 0.25) is 11.8 Å². The summed E-state index contributed by atoms with van der Waals surface area (Å²) < 4.78 is 5.34. The van der Waals surface area contributed by atoms with E-state index in [1.54, 1.807) is 30.2 Å². The Morgan fingerprint density at radius 2 is 2.04 bits per heavy atom. The van der Waals surface area contributed by atoms with Crippen LogP contribution >= 0.6 is 11.6 Å². The predicted molar refractivity (Wildman–Crippen MR) is 106 cm³/mol. The molecule has 1 aliphatic rings. The van der Waals surface area contributed by atoms with Crippen molar-refractivity contribution in [3.05, 3.63) is 58.6 Å². The van der Waals surface area contributed by atoms with Gasteiger partial charge in [-0.15, -0.1) is 0 Å². The summed E-state index contributed by atoms with van der Waals surface area (Å²) in [5.74, 6) is -0.0865. The minimum Gasteiger partial charge on any atom is -0.495 e. The molecule has 1 heterocycles. The standard InChI is InChI=1S/C21H23ClN2O3/c1-13-6-4-5-7-17(13)14(2)23-21(26)15-10-20(25)24(12-15)18-11-16(22)8-9-19(18)27-3/h4-9,11,14-15H,10,12H2,1-3H3,(H,23,26). The number of amides is 2. The second-order valence-electron chi connectivity index (χ2n) is 6.81. The first-order valence-corrected chi connectivity index (χ1v) is 9.28. The fourth-order valence-electron chi connectivity index (χ4n) is 3.47. The van der Waals surface area contributed by atoms with E-state index in [0.29, 0.717) is 23.0 Å². The Morgan fingerprint density at radius 1 is 1.30 bits per heavy atom. The lowest BCUT2D eigenvalue weighted by Crippen LogP contribution is -2.34. The zero-order valence-electron chi connectivity index (χ0n) is 15.7. The monoisotopic (exact) mass is 386 g/mol. The van der Waals surface area contributed by atoms with Gasteiger partial charge < -0.3 is 15.0 Å². The van der Waals surface area contributed by atoms with E-state index in [2.05, 4.69) is 5.32 Å². The molecule has 6 heteroatoms. The average molecular weight is 387 g/mol. The van der Waals surface area contributed by atoms with Crippen LogP contribution in [0.1, 0.15) is 30.5 Å². The van der Waals surface area contributed by atoms with Gasteiger partial charge in [0.25, 0.3) is 0 Å².